The molecule has 0 aliphatic carbocycles. The van der Waals surface area contributed by atoms with Crippen molar-refractivity contribution in [2.45, 2.75) is 12.5 Å². The van der Waals surface area contributed by atoms with E-state index < -0.39 is 12.5 Å². The lowest BCUT2D eigenvalue weighted by molar-refractivity contribution is -0.00580. The van der Waals surface area contributed by atoms with E-state index in [0.29, 0.717) is 5.75 Å². The van der Waals surface area contributed by atoms with E-state index in [9.17, 15) is 8.78 Å². The maximum Gasteiger partial charge on any atom is 0.268 e. The monoisotopic (exact) mass is 188 g/mol. The Balaban J connectivity index is 2.79. The molecular formula is C9H10F2O2. The van der Waals surface area contributed by atoms with Gasteiger partial charge in [-0.2, -0.15) is 0 Å². The van der Waals surface area contributed by atoms with Crippen molar-refractivity contribution in [2.75, 3.05) is 7.11 Å². The molecule has 0 aliphatic rings. The largest absolute Gasteiger partial charge is 0.497 e. The predicted molar refractivity (Wildman–Crippen MR) is 44.0 cm³/mol. The average Bonchev–Trinajstić information content (AvgIpc) is 2.17. The quantitative estimate of drug-likeness (QED) is 0.786. The lowest BCUT2D eigenvalue weighted by Crippen LogP contribution is -2.07. The Morgan fingerprint density at radius 2 is 1.77 bits per heavy atom. The van der Waals surface area contributed by atoms with E-state index >= 15 is 0 Å². The van der Waals surface area contributed by atoms with E-state index in [4.69, 9.17) is 9.84 Å². The van der Waals surface area contributed by atoms with Crippen molar-refractivity contribution >= 4 is 0 Å². The van der Waals surface area contributed by atoms with Gasteiger partial charge < -0.3 is 9.84 Å². The highest BCUT2D eigenvalue weighted by Crippen LogP contribution is 2.22. The summed E-state index contributed by atoms with van der Waals surface area (Å²) in [6.45, 7) is 0. The van der Waals surface area contributed by atoms with Crippen molar-refractivity contribution < 1.29 is 18.6 Å². The molecule has 0 heterocycles. The van der Waals surface area contributed by atoms with Crippen LogP contribution in [0.5, 0.6) is 5.75 Å². The van der Waals surface area contributed by atoms with Crippen LogP contribution in [0.25, 0.3) is 0 Å². The van der Waals surface area contributed by atoms with Crippen molar-refractivity contribution in [3.05, 3.63) is 29.8 Å². The molecule has 13 heavy (non-hydrogen) atoms. The molecule has 0 fully saturated rings. The summed E-state index contributed by atoms with van der Waals surface area (Å²) in [5.41, 5.74) is 0.191. The molecule has 0 amide bonds. The number of halogens is 2. The van der Waals surface area contributed by atoms with Crippen LogP contribution in [0.3, 0.4) is 0 Å². The Labute approximate surface area is 74.8 Å². The highest BCUT2D eigenvalue weighted by molar-refractivity contribution is 5.28. The zero-order chi connectivity index (χ0) is 9.84. The number of aliphatic hydroxyl groups excluding tert-OH is 1. The highest BCUT2D eigenvalue weighted by Gasteiger charge is 2.18. The third-order valence-corrected chi connectivity index (χ3v) is 1.70. The number of hydrogen-bond donors (Lipinski definition) is 1. The maximum absolute atomic E-state index is 12.0. The van der Waals surface area contributed by atoms with E-state index in [-0.39, 0.29) is 5.56 Å². The van der Waals surface area contributed by atoms with E-state index in [1.54, 1.807) is 0 Å². The molecule has 1 aromatic carbocycles. The second-order valence-corrected chi connectivity index (χ2v) is 2.55. The Hall–Kier alpha value is -1.16. The van der Waals surface area contributed by atoms with Crippen molar-refractivity contribution in [1.82, 2.24) is 0 Å². The minimum absolute atomic E-state index is 0.191. The van der Waals surface area contributed by atoms with E-state index in [1.807, 2.05) is 0 Å². The van der Waals surface area contributed by atoms with Gasteiger partial charge in [0.25, 0.3) is 6.43 Å². The topological polar surface area (TPSA) is 29.5 Å². The van der Waals surface area contributed by atoms with E-state index in [2.05, 4.69) is 0 Å². The number of hydrogen-bond acceptors (Lipinski definition) is 2. The summed E-state index contributed by atoms with van der Waals surface area (Å²) in [7, 11) is 1.48. The van der Waals surface area contributed by atoms with Crippen LogP contribution in [0.2, 0.25) is 0 Å². The van der Waals surface area contributed by atoms with Crippen molar-refractivity contribution in [1.29, 1.82) is 0 Å². The Bertz CT molecular complexity index is 259. The smallest absolute Gasteiger partial charge is 0.268 e. The number of ether oxygens (including phenoxy) is 1. The van der Waals surface area contributed by atoms with Gasteiger partial charge in [-0.25, -0.2) is 8.78 Å². The number of rotatable bonds is 3. The van der Waals surface area contributed by atoms with Crippen LogP contribution in [-0.4, -0.2) is 18.6 Å². The summed E-state index contributed by atoms with van der Waals surface area (Å²) >= 11 is 0. The van der Waals surface area contributed by atoms with Crippen LogP contribution in [0.1, 0.15) is 11.7 Å². The fourth-order valence-corrected chi connectivity index (χ4v) is 0.947. The molecule has 1 rings (SSSR count). The minimum Gasteiger partial charge on any atom is -0.497 e. The molecule has 4 heteroatoms. The molecule has 0 aromatic heterocycles. The highest BCUT2D eigenvalue weighted by atomic mass is 19.3. The summed E-state index contributed by atoms with van der Waals surface area (Å²) in [6, 6.07) is 5.88. The molecule has 72 valence electrons. The van der Waals surface area contributed by atoms with Gasteiger partial charge in [-0.1, -0.05) is 12.1 Å². The first-order valence-corrected chi connectivity index (χ1v) is 3.75. The second-order valence-electron chi connectivity index (χ2n) is 2.55. The fourth-order valence-electron chi connectivity index (χ4n) is 0.947. The van der Waals surface area contributed by atoms with Gasteiger partial charge in [0, 0.05) is 0 Å². The normalized spacial score (nSPS) is 13.0. The van der Waals surface area contributed by atoms with Crippen LogP contribution in [0.15, 0.2) is 24.3 Å². The standard InChI is InChI=1S/C9H10F2O2/c1-13-7-4-2-6(3-5-7)8(12)9(10)11/h2-5,8-9,12H,1H3/t8-/m0/s1. The van der Waals surface area contributed by atoms with Gasteiger partial charge in [0.05, 0.1) is 7.11 Å². The fraction of sp³-hybridized carbons (Fsp3) is 0.333. The summed E-state index contributed by atoms with van der Waals surface area (Å²) in [4.78, 5) is 0. The molecular weight excluding hydrogens is 178 g/mol. The third-order valence-electron chi connectivity index (χ3n) is 1.70. The summed E-state index contributed by atoms with van der Waals surface area (Å²) < 4.78 is 28.9. The van der Waals surface area contributed by atoms with E-state index in [0.717, 1.165) is 0 Å². The third kappa shape index (κ3) is 2.39. The van der Waals surface area contributed by atoms with Crippen LogP contribution >= 0.6 is 0 Å². The Morgan fingerprint density at radius 1 is 1.23 bits per heavy atom. The van der Waals surface area contributed by atoms with Gasteiger partial charge in [-0.3, -0.25) is 0 Å². The van der Waals surface area contributed by atoms with Crippen LogP contribution < -0.4 is 4.74 Å². The average molecular weight is 188 g/mol. The molecule has 1 aromatic rings. The Morgan fingerprint density at radius 3 is 2.15 bits per heavy atom. The lowest BCUT2D eigenvalue weighted by Gasteiger charge is -2.09. The molecule has 0 radical (unpaired) electrons. The minimum atomic E-state index is -2.76. The molecule has 1 N–H and O–H groups in total. The molecule has 0 saturated carbocycles. The summed E-state index contributed by atoms with van der Waals surface area (Å²) in [5, 5.41) is 8.97. The first-order chi connectivity index (χ1) is 6.15. The van der Waals surface area contributed by atoms with Crippen molar-refractivity contribution in [3.8, 4) is 5.75 Å². The van der Waals surface area contributed by atoms with Gasteiger partial charge in [-0.05, 0) is 17.7 Å². The lowest BCUT2D eigenvalue weighted by atomic mass is 10.1. The van der Waals surface area contributed by atoms with Gasteiger partial charge in [0.15, 0.2) is 0 Å². The first-order valence-electron chi connectivity index (χ1n) is 3.75. The van der Waals surface area contributed by atoms with Gasteiger partial charge >= 0.3 is 0 Å². The maximum atomic E-state index is 12.0. The molecule has 0 saturated heterocycles. The number of alkyl halides is 2. The summed E-state index contributed by atoms with van der Waals surface area (Å²) in [5.74, 6) is 0.574. The van der Waals surface area contributed by atoms with Crippen molar-refractivity contribution in [2.24, 2.45) is 0 Å². The second kappa shape index (κ2) is 4.18. The molecule has 0 aliphatic heterocycles. The molecule has 0 spiro atoms. The van der Waals surface area contributed by atoms with Crippen LogP contribution in [0.4, 0.5) is 8.78 Å². The summed E-state index contributed by atoms with van der Waals surface area (Å²) in [6.07, 6.45) is -4.47. The molecule has 1 atom stereocenters. The molecule has 2 nitrogen and oxygen atoms in total. The number of aliphatic hydroxyl groups is 1. The van der Waals surface area contributed by atoms with Crippen LogP contribution in [-0.2, 0) is 0 Å². The number of benzene rings is 1. The van der Waals surface area contributed by atoms with Gasteiger partial charge in [0.2, 0.25) is 0 Å². The van der Waals surface area contributed by atoms with Crippen LogP contribution in [0, 0.1) is 0 Å². The van der Waals surface area contributed by atoms with E-state index in [1.165, 1.54) is 31.4 Å². The van der Waals surface area contributed by atoms with Crippen molar-refractivity contribution in [3.63, 3.8) is 0 Å². The van der Waals surface area contributed by atoms with Gasteiger partial charge in [-0.15, -0.1) is 0 Å². The molecule has 0 unspecified atom stereocenters. The van der Waals surface area contributed by atoms with Gasteiger partial charge in [0.1, 0.15) is 11.9 Å². The first kappa shape index (κ1) is 9.92. The SMILES string of the molecule is COc1ccc([C@H](O)C(F)F)cc1. The zero-order valence-electron chi connectivity index (χ0n) is 7.08. The molecule has 0 bridgehead atoms. The Kier molecular flexibility index (Phi) is 3.19. The number of methoxy groups -OCH3 is 1. The zero-order valence-corrected chi connectivity index (χ0v) is 7.08. The predicted octanol–water partition coefficient (Wildman–Crippen LogP) is 1.99.